The van der Waals surface area contributed by atoms with Crippen LogP contribution in [0.1, 0.15) is 37.0 Å². The molecule has 2 aromatic rings. The van der Waals surface area contributed by atoms with Crippen molar-refractivity contribution in [1.82, 2.24) is 4.31 Å². The highest BCUT2D eigenvalue weighted by Gasteiger charge is 2.20. The summed E-state index contributed by atoms with van der Waals surface area (Å²) in [6.07, 6.45) is 1.71. The molecule has 0 heterocycles. The molecule has 0 spiro atoms. The molecule has 0 aliphatic carbocycles. The van der Waals surface area contributed by atoms with Gasteiger partial charge in [0.05, 0.1) is 29.3 Å². The van der Waals surface area contributed by atoms with Crippen molar-refractivity contribution in [3.63, 3.8) is 0 Å². The van der Waals surface area contributed by atoms with Crippen LogP contribution in [0.3, 0.4) is 0 Å². The Hall–Kier alpha value is -2.91. The number of carbonyl (C=O) groups excluding carboxylic acids is 2. The van der Waals surface area contributed by atoms with Crippen LogP contribution in [-0.4, -0.2) is 51.3 Å². The first-order valence-electron chi connectivity index (χ1n) is 10.2. The predicted octanol–water partition coefficient (Wildman–Crippen LogP) is 3.33. The molecule has 0 bridgehead atoms. The lowest BCUT2D eigenvalue weighted by atomic mass is 10.2. The van der Waals surface area contributed by atoms with Gasteiger partial charge in [0.25, 0.3) is 0 Å². The summed E-state index contributed by atoms with van der Waals surface area (Å²) < 4.78 is 31.5. The Balaban J connectivity index is 1.97. The number of nitrogens with one attached hydrogen (secondary N) is 2. The van der Waals surface area contributed by atoms with Crippen molar-refractivity contribution in [1.29, 1.82) is 0 Å². The van der Waals surface area contributed by atoms with E-state index >= 15 is 0 Å². The van der Waals surface area contributed by atoms with E-state index < -0.39 is 16.0 Å². The van der Waals surface area contributed by atoms with Crippen LogP contribution in [0.2, 0.25) is 0 Å². The maximum absolute atomic E-state index is 12.6. The molecule has 0 aromatic heterocycles. The Labute approximate surface area is 183 Å². The molecule has 0 saturated heterocycles. The topological polar surface area (TPSA) is 105 Å². The number of hydrogen-bond acceptors (Lipinski definition) is 6. The van der Waals surface area contributed by atoms with Crippen LogP contribution in [0.25, 0.3) is 0 Å². The third kappa shape index (κ3) is 6.80. The van der Waals surface area contributed by atoms with Crippen LogP contribution >= 0.6 is 0 Å². The number of rotatable bonds is 11. The number of anilines is 2. The molecule has 8 nitrogen and oxygen atoms in total. The number of hydrogen-bond donors (Lipinski definition) is 2. The number of carbonyl (C=O) groups is 2. The third-order valence-electron chi connectivity index (χ3n) is 4.54. The molecule has 0 atom stereocenters. The van der Waals surface area contributed by atoms with E-state index in [1.807, 2.05) is 6.92 Å². The van der Waals surface area contributed by atoms with Crippen LogP contribution in [0.4, 0.5) is 11.4 Å². The molecule has 2 rings (SSSR count). The first-order valence-corrected chi connectivity index (χ1v) is 11.6. The molecule has 168 valence electrons. The monoisotopic (exact) mass is 447 g/mol. The second-order valence-electron chi connectivity index (χ2n) is 6.87. The zero-order valence-electron chi connectivity index (χ0n) is 18.1. The van der Waals surface area contributed by atoms with Crippen molar-refractivity contribution in [2.24, 2.45) is 0 Å². The van der Waals surface area contributed by atoms with Gasteiger partial charge in [-0.25, -0.2) is 17.5 Å². The molecule has 9 heteroatoms. The van der Waals surface area contributed by atoms with E-state index in [0.717, 1.165) is 12.8 Å². The van der Waals surface area contributed by atoms with E-state index in [1.54, 1.807) is 50.4 Å². The highest BCUT2D eigenvalue weighted by Crippen LogP contribution is 2.19. The van der Waals surface area contributed by atoms with Crippen LogP contribution in [0.5, 0.6) is 0 Å². The van der Waals surface area contributed by atoms with E-state index in [-0.39, 0.29) is 29.5 Å². The third-order valence-corrected chi connectivity index (χ3v) is 6.41. The van der Waals surface area contributed by atoms with E-state index in [9.17, 15) is 18.0 Å². The molecule has 31 heavy (non-hydrogen) atoms. The average Bonchev–Trinajstić information content (AvgIpc) is 2.76. The molecular formula is C22H29N3O5S. The molecule has 0 fully saturated rings. The quantitative estimate of drug-likeness (QED) is 0.512. The largest absolute Gasteiger partial charge is 0.462 e. The minimum atomic E-state index is -3.54. The molecule has 2 aromatic carbocycles. The van der Waals surface area contributed by atoms with Crippen molar-refractivity contribution in [2.75, 3.05) is 37.4 Å². The molecule has 0 radical (unpaired) electrons. The fourth-order valence-electron chi connectivity index (χ4n) is 2.78. The van der Waals surface area contributed by atoms with Crippen molar-refractivity contribution in [3.8, 4) is 0 Å². The zero-order valence-corrected chi connectivity index (χ0v) is 18.9. The SMILES string of the molecule is CCCCN(C)S(=O)(=O)c1ccc(NCC(=O)Nc2ccccc2C(=O)OCC)cc1. The lowest BCUT2D eigenvalue weighted by Gasteiger charge is -2.17. The Kier molecular flexibility index (Phi) is 9.02. The second-order valence-corrected chi connectivity index (χ2v) is 8.92. The summed E-state index contributed by atoms with van der Waals surface area (Å²) in [4.78, 5) is 24.5. The van der Waals surface area contributed by atoms with Gasteiger partial charge in [0.1, 0.15) is 0 Å². The van der Waals surface area contributed by atoms with Crippen LogP contribution < -0.4 is 10.6 Å². The van der Waals surface area contributed by atoms with Crippen LogP contribution in [-0.2, 0) is 19.6 Å². The first-order chi connectivity index (χ1) is 14.8. The zero-order chi connectivity index (χ0) is 22.9. The van der Waals surface area contributed by atoms with Gasteiger partial charge in [-0.15, -0.1) is 0 Å². The summed E-state index contributed by atoms with van der Waals surface area (Å²) in [5.41, 5.74) is 1.24. The lowest BCUT2D eigenvalue weighted by molar-refractivity contribution is -0.114. The van der Waals surface area contributed by atoms with Gasteiger partial charge in [-0.3, -0.25) is 4.79 Å². The van der Waals surface area contributed by atoms with Crippen molar-refractivity contribution in [2.45, 2.75) is 31.6 Å². The molecular weight excluding hydrogens is 418 g/mol. The maximum atomic E-state index is 12.6. The number of para-hydroxylation sites is 1. The van der Waals surface area contributed by atoms with Gasteiger partial charge in [0.15, 0.2) is 0 Å². The minimum absolute atomic E-state index is 0.0559. The standard InChI is InChI=1S/C22H29N3O5S/c1-4-6-15-25(3)31(28,29)18-13-11-17(12-14-18)23-16-21(26)24-20-10-8-7-9-19(20)22(27)30-5-2/h7-14,23H,4-6,15-16H2,1-3H3,(H,24,26). The summed E-state index contributed by atoms with van der Waals surface area (Å²) in [5, 5.41) is 5.63. The van der Waals surface area contributed by atoms with Gasteiger partial charge in [-0.1, -0.05) is 25.5 Å². The van der Waals surface area contributed by atoms with Gasteiger partial charge < -0.3 is 15.4 Å². The number of esters is 1. The predicted molar refractivity (Wildman–Crippen MR) is 121 cm³/mol. The Morgan fingerprint density at radius 2 is 1.71 bits per heavy atom. The maximum Gasteiger partial charge on any atom is 0.340 e. The Morgan fingerprint density at radius 3 is 2.35 bits per heavy atom. The van der Waals surface area contributed by atoms with Crippen LogP contribution in [0.15, 0.2) is 53.4 Å². The highest BCUT2D eigenvalue weighted by molar-refractivity contribution is 7.89. The summed E-state index contributed by atoms with van der Waals surface area (Å²) in [6.45, 7) is 4.37. The minimum Gasteiger partial charge on any atom is -0.462 e. The summed E-state index contributed by atoms with van der Waals surface area (Å²) in [5.74, 6) is -0.861. The normalized spacial score (nSPS) is 11.2. The lowest BCUT2D eigenvalue weighted by Crippen LogP contribution is -2.28. The molecule has 1 amide bonds. The van der Waals surface area contributed by atoms with Crippen molar-refractivity contribution in [3.05, 3.63) is 54.1 Å². The summed E-state index contributed by atoms with van der Waals surface area (Å²) in [7, 11) is -1.97. The van der Waals surface area contributed by atoms with E-state index in [4.69, 9.17) is 4.74 Å². The number of amides is 1. The molecule has 2 N–H and O–H groups in total. The smallest absolute Gasteiger partial charge is 0.340 e. The number of ether oxygens (including phenoxy) is 1. The number of unbranched alkanes of at least 4 members (excludes halogenated alkanes) is 1. The van der Waals surface area contributed by atoms with Crippen LogP contribution in [0, 0.1) is 0 Å². The molecule has 0 unspecified atom stereocenters. The average molecular weight is 448 g/mol. The number of nitrogens with zero attached hydrogens (tertiary/aromatic N) is 1. The van der Waals surface area contributed by atoms with E-state index in [2.05, 4.69) is 10.6 Å². The van der Waals surface area contributed by atoms with Crippen molar-refractivity contribution < 1.29 is 22.7 Å². The van der Waals surface area contributed by atoms with E-state index in [1.165, 1.54) is 16.4 Å². The van der Waals surface area contributed by atoms with Gasteiger partial charge in [0, 0.05) is 19.3 Å². The molecule has 0 saturated carbocycles. The number of sulfonamides is 1. The fourth-order valence-corrected chi connectivity index (χ4v) is 3.99. The van der Waals surface area contributed by atoms with Gasteiger partial charge in [0.2, 0.25) is 15.9 Å². The second kappa shape index (κ2) is 11.5. The molecule has 0 aliphatic heterocycles. The van der Waals surface area contributed by atoms with Crippen molar-refractivity contribution >= 4 is 33.3 Å². The summed E-state index contributed by atoms with van der Waals surface area (Å²) in [6, 6.07) is 12.8. The Bertz CT molecular complexity index is 990. The van der Waals surface area contributed by atoms with Gasteiger partial charge in [-0.2, -0.15) is 0 Å². The fraction of sp³-hybridized carbons (Fsp3) is 0.364. The molecule has 0 aliphatic rings. The number of benzene rings is 2. The van der Waals surface area contributed by atoms with Gasteiger partial charge in [-0.05, 0) is 49.7 Å². The first kappa shape index (κ1) is 24.4. The van der Waals surface area contributed by atoms with E-state index in [0.29, 0.717) is 17.9 Å². The Morgan fingerprint density at radius 1 is 1.03 bits per heavy atom. The highest BCUT2D eigenvalue weighted by atomic mass is 32.2. The summed E-state index contributed by atoms with van der Waals surface area (Å²) >= 11 is 0. The van der Waals surface area contributed by atoms with Gasteiger partial charge >= 0.3 is 5.97 Å².